The van der Waals surface area contributed by atoms with Crippen molar-refractivity contribution in [2.45, 2.75) is 25.6 Å². The van der Waals surface area contributed by atoms with E-state index in [2.05, 4.69) is 39.5 Å². The lowest BCUT2D eigenvalue weighted by Gasteiger charge is -2.17. The second-order valence-corrected chi connectivity index (χ2v) is 7.12. The van der Waals surface area contributed by atoms with Gasteiger partial charge in [0.2, 0.25) is 0 Å². The van der Waals surface area contributed by atoms with E-state index in [1.165, 1.54) is 5.56 Å². The van der Waals surface area contributed by atoms with Crippen LogP contribution in [0.3, 0.4) is 0 Å². The van der Waals surface area contributed by atoms with Crippen molar-refractivity contribution < 1.29 is 4.79 Å². The highest BCUT2D eigenvalue weighted by Gasteiger charge is 2.24. The van der Waals surface area contributed by atoms with Crippen LogP contribution in [0.4, 0.5) is 0 Å². The lowest BCUT2D eigenvalue weighted by atomic mass is 10.1. The molecule has 1 amide bonds. The number of benzene rings is 2. The Hall–Kier alpha value is -2.92. The Labute approximate surface area is 159 Å². The third kappa shape index (κ3) is 4.63. The number of carbonyl (C=O) groups is 1. The maximum absolute atomic E-state index is 12.7. The number of rotatable bonds is 6. The molecule has 1 fully saturated rings. The van der Waals surface area contributed by atoms with Crippen LogP contribution < -0.4 is 5.32 Å². The fraction of sp³-hybridized carbons (Fsp3) is 0.273. The average molecular weight is 360 g/mol. The molecule has 1 aromatic heterocycles. The molecule has 1 atom stereocenters. The molecule has 1 saturated heterocycles. The number of carbonyl (C=O) groups excluding carboxylic acids is 1. The quantitative estimate of drug-likeness (QED) is 0.735. The summed E-state index contributed by atoms with van der Waals surface area (Å²) >= 11 is 0. The first-order valence-electron chi connectivity index (χ1n) is 9.38. The molecule has 1 aliphatic rings. The van der Waals surface area contributed by atoms with E-state index in [0.29, 0.717) is 5.56 Å². The van der Waals surface area contributed by atoms with Gasteiger partial charge in [-0.05, 0) is 29.7 Å². The van der Waals surface area contributed by atoms with Gasteiger partial charge < -0.3 is 9.88 Å². The predicted molar refractivity (Wildman–Crippen MR) is 105 cm³/mol. The van der Waals surface area contributed by atoms with Crippen LogP contribution >= 0.6 is 0 Å². The van der Waals surface area contributed by atoms with Crippen molar-refractivity contribution in [1.29, 1.82) is 0 Å². The number of aromatic nitrogens is 2. The average Bonchev–Trinajstić information content (AvgIpc) is 3.35. The van der Waals surface area contributed by atoms with Gasteiger partial charge in [-0.1, -0.05) is 42.5 Å². The summed E-state index contributed by atoms with van der Waals surface area (Å²) in [5, 5.41) is 3.20. The van der Waals surface area contributed by atoms with Gasteiger partial charge in [0, 0.05) is 50.2 Å². The Morgan fingerprint density at radius 3 is 2.74 bits per heavy atom. The van der Waals surface area contributed by atoms with E-state index in [4.69, 9.17) is 0 Å². The third-order valence-electron chi connectivity index (χ3n) is 4.97. The normalized spacial score (nSPS) is 17.1. The number of imidazole rings is 1. The van der Waals surface area contributed by atoms with E-state index in [9.17, 15) is 4.79 Å². The zero-order chi connectivity index (χ0) is 18.5. The summed E-state index contributed by atoms with van der Waals surface area (Å²) in [5.74, 6) is 0.00837. The molecule has 138 valence electrons. The van der Waals surface area contributed by atoms with E-state index in [0.717, 1.165) is 38.2 Å². The van der Waals surface area contributed by atoms with Crippen LogP contribution in [0.2, 0.25) is 0 Å². The molecule has 0 aliphatic carbocycles. The molecule has 5 heteroatoms. The van der Waals surface area contributed by atoms with Crippen molar-refractivity contribution in [3.8, 4) is 0 Å². The van der Waals surface area contributed by atoms with Crippen molar-refractivity contribution in [2.24, 2.45) is 0 Å². The van der Waals surface area contributed by atoms with Gasteiger partial charge in [-0.3, -0.25) is 9.69 Å². The molecule has 0 spiro atoms. The summed E-state index contributed by atoms with van der Waals surface area (Å²) in [6.45, 7) is 3.57. The molecule has 2 heterocycles. The van der Waals surface area contributed by atoms with Crippen LogP contribution in [-0.2, 0) is 13.1 Å². The molecule has 1 unspecified atom stereocenters. The number of hydrogen-bond acceptors (Lipinski definition) is 3. The lowest BCUT2D eigenvalue weighted by Crippen LogP contribution is -2.37. The predicted octanol–water partition coefficient (Wildman–Crippen LogP) is 2.94. The Morgan fingerprint density at radius 1 is 1.07 bits per heavy atom. The van der Waals surface area contributed by atoms with E-state index in [1.54, 1.807) is 12.5 Å². The largest absolute Gasteiger partial charge is 0.348 e. The monoisotopic (exact) mass is 360 g/mol. The summed E-state index contributed by atoms with van der Waals surface area (Å²) in [4.78, 5) is 19.1. The van der Waals surface area contributed by atoms with Crippen LogP contribution in [0.15, 0.2) is 73.3 Å². The summed E-state index contributed by atoms with van der Waals surface area (Å²) in [6.07, 6.45) is 6.46. The first-order valence-corrected chi connectivity index (χ1v) is 9.38. The molecule has 1 N–H and O–H groups in total. The summed E-state index contributed by atoms with van der Waals surface area (Å²) in [5.41, 5.74) is 3.13. The van der Waals surface area contributed by atoms with Gasteiger partial charge in [0.25, 0.3) is 5.91 Å². The minimum absolute atomic E-state index is 0.00837. The number of nitrogens with zero attached hydrogens (tertiary/aromatic N) is 3. The maximum atomic E-state index is 12.7. The number of hydrogen-bond donors (Lipinski definition) is 1. The molecule has 4 rings (SSSR count). The van der Waals surface area contributed by atoms with Crippen LogP contribution in [-0.4, -0.2) is 39.5 Å². The van der Waals surface area contributed by atoms with Gasteiger partial charge in [-0.25, -0.2) is 4.98 Å². The Balaban J connectivity index is 1.33. The SMILES string of the molecule is O=C(NC1CCN(Cc2ccccc2)C1)c1cccc(Cn2ccnc2)c1. The summed E-state index contributed by atoms with van der Waals surface area (Å²) < 4.78 is 2.00. The minimum Gasteiger partial charge on any atom is -0.348 e. The zero-order valence-corrected chi connectivity index (χ0v) is 15.3. The molecule has 2 aromatic carbocycles. The minimum atomic E-state index is 0.00837. The van der Waals surface area contributed by atoms with Gasteiger partial charge in [-0.15, -0.1) is 0 Å². The van der Waals surface area contributed by atoms with Crippen LogP contribution in [0.1, 0.15) is 27.9 Å². The summed E-state index contributed by atoms with van der Waals surface area (Å²) in [6, 6.07) is 18.5. The van der Waals surface area contributed by atoms with E-state index in [-0.39, 0.29) is 11.9 Å². The van der Waals surface area contributed by atoms with Crippen LogP contribution in [0, 0.1) is 0 Å². The number of amides is 1. The van der Waals surface area contributed by atoms with Crippen LogP contribution in [0.5, 0.6) is 0 Å². The smallest absolute Gasteiger partial charge is 0.251 e. The van der Waals surface area contributed by atoms with E-state index in [1.807, 2.05) is 41.1 Å². The van der Waals surface area contributed by atoms with E-state index >= 15 is 0 Å². The third-order valence-corrected chi connectivity index (χ3v) is 4.97. The van der Waals surface area contributed by atoms with Crippen molar-refractivity contribution in [3.05, 3.63) is 90.0 Å². The number of likely N-dealkylation sites (tertiary alicyclic amines) is 1. The zero-order valence-electron chi connectivity index (χ0n) is 15.3. The first kappa shape index (κ1) is 17.5. The van der Waals surface area contributed by atoms with Gasteiger partial charge in [0.1, 0.15) is 0 Å². The van der Waals surface area contributed by atoms with Gasteiger partial charge in [0.05, 0.1) is 6.33 Å². The molecule has 1 aliphatic heterocycles. The van der Waals surface area contributed by atoms with Crippen LogP contribution in [0.25, 0.3) is 0 Å². The highest BCUT2D eigenvalue weighted by atomic mass is 16.1. The second-order valence-electron chi connectivity index (χ2n) is 7.12. The topological polar surface area (TPSA) is 50.2 Å². The standard InChI is InChI=1S/C22H24N4O/c27-22(20-8-4-7-19(13-20)15-26-12-10-23-17-26)24-21-9-11-25(16-21)14-18-5-2-1-3-6-18/h1-8,10,12-13,17,21H,9,11,14-16H2,(H,24,27). The molecular weight excluding hydrogens is 336 g/mol. The molecular formula is C22H24N4O. The molecule has 3 aromatic rings. The Bertz CT molecular complexity index is 876. The molecule has 5 nitrogen and oxygen atoms in total. The van der Waals surface area contributed by atoms with Crippen molar-refractivity contribution in [1.82, 2.24) is 19.8 Å². The van der Waals surface area contributed by atoms with Crippen molar-refractivity contribution >= 4 is 5.91 Å². The highest BCUT2D eigenvalue weighted by molar-refractivity contribution is 5.94. The highest BCUT2D eigenvalue weighted by Crippen LogP contribution is 2.15. The van der Waals surface area contributed by atoms with Gasteiger partial charge in [-0.2, -0.15) is 0 Å². The summed E-state index contributed by atoms with van der Waals surface area (Å²) in [7, 11) is 0. The lowest BCUT2D eigenvalue weighted by molar-refractivity contribution is 0.0937. The van der Waals surface area contributed by atoms with E-state index < -0.39 is 0 Å². The Morgan fingerprint density at radius 2 is 1.93 bits per heavy atom. The van der Waals surface area contributed by atoms with Gasteiger partial charge >= 0.3 is 0 Å². The Kier molecular flexibility index (Phi) is 5.30. The maximum Gasteiger partial charge on any atom is 0.251 e. The number of nitrogens with one attached hydrogen (secondary N) is 1. The van der Waals surface area contributed by atoms with Crippen molar-refractivity contribution in [3.63, 3.8) is 0 Å². The molecule has 0 bridgehead atoms. The van der Waals surface area contributed by atoms with Crippen molar-refractivity contribution in [2.75, 3.05) is 13.1 Å². The second kappa shape index (κ2) is 8.18. The fourth-order valence-corrected chi connectivity index (χ4v) is 3.61. The fourth-order valence-electron chi connectivity index (χ4n) is 3.61. The first-order chi connectivity index (χ1) is 13.3. The molecule has 27 heavy (non-hydrogen) atoms. The molecule has 0 radical (unpaired) electrons. The van der Waals surface area contributed by atoms with Gasteiger partial charge in [0.15, 0.2) is 0 Å². The molecule has 0 saturated carbocycles.